The zero-order valence-electron chi connectivity index (χ0n) is 17.8. The quantitative estimate of drug-likeness (QED) is 0.776. The summed E-state index contributed by atoms with van der Waals surface area (Å²) in [4.78, 5) is 30.3. The molecule has 5 heteroatoms. The highest BCUT2D eigenvalue weighted by Gasteiger charge is 2.45. The molecule has 1 aliphatic carbocycles. The van der Waals surface area contributed by atoms with Crippen molar-refractivity contribution in [2.75, 3.05) is 13.1 Å². The molecule has 1 aromatic carbocycles. The molecule has 3 amide bonds. The smallest absolute Gasteiger partial charge is 0.322 e. The Balaban J connectivity index is 1.77. The molecule has 5 nitrogen and oxygen atoms in total. The number of amides is 3. The number of urea groups is 1. The first kappa shape index (κ1) is 19.7. The number of nitrogens with zero attached hydrogens (tertiary/aromatic N) is 2. The molecule has 0 aromatic heterocycles. The normalized spacial score (nSPS) is 22.8. The minimum atomic E-state index is -0.390. The van der Waals surface area contributed by atoms with Gasteiger partial charge in [-0.2, -0.15) is 0 Å². The summed E-state index contributed by atoms with van der Waals surface area (Å²) >= 11 is 0. The van der Waals surface area contributed by atoms with Crippen LogP contribution in [0, 0.1) is 20.8 Å². The van der Waals surface area contributed by atoms with Gasteiger partial charge in [-0.25, -0.2) is 4.79 Å². The Hall–Kier alpha value is -2.56. The summed E-state index contributed by atoms with van der Waals surface area (Å²) in [5.41, 5.74) is 6.11. The molecule has 1 saturated carbocycles. The number of nitrogens with one attached hydrogen (secondary N) is 1. The number of rotatable bonds is 4. The summed E-state index contributed by atoms with van der Waals surface area (Å²) in [6.07, 6.45) is 7.43. The molecule has 0 bridgehead atoms. The van der Waals surface area contributed by atoms with Crippen molar-refractivity contribution in [3.8, 4) is 0 Å². The molecule has 1 aromatic rings. The van der Waals surface area contributed by atoms with E-state index in [2.05, 4.69) is 44.8 Å². The first-order chi connectivity index (χ1) is 13.9. The Morgan fingerprint density at radius 3 is 2.45 bits per heavy atom. The maximum Gasteiger partial charge on any atom is 0.322 e. The van der Waals surface area contributed by atoms with Gasteiger partial charge in [0.25, 0.3) is 5.91 Å². The second kappa shape index (κ2) is 7.69. The molecule has 154 valence electrons. The van der Waals surface area contributed by atoms with Crippen LogP contribution in [0.5, 0.6) is 0 Å². The average molecular weight is 394 g/mol. The lowest BCUT2D eigenvalue weighted by atomic mass is 9.89. The number of hydrogen-bond donors (Lipinski definition) is 1. The van der Waals surface area contributed by atoms with E-state index in [1.54, 1.807) is 11.0 Å². The third-order valence-electron chi connectivity index (χ3n) is 6.77. The Labute approximate surface area is 173 Å². The van der Waals surface area contributed by atoms with Gasteiger partial charge >= 0.3 is 6.03 Å². The van der Waals surface area contributed by atoms with E-state index in [1.165, 1.54) is 30.4 Å². The van der Waals surface area contributed by atoms with Crippen molar-refractivity contribution in [2.24, 2.45) is 0 Å². The van der Waals surface area contributed by atoms with E-state index in [0.717, 1.165) is 35.2 Å². The van der Waals surface area contributed by atoms with Crippen LogP contribution in [-0.2, 0) is 4.79 Å². The molecule has 0 unspecified atom stereocenters. The zero-order chi connectivity index (χ0) is 20.7. The number of benzene rings is 1. The first-order valence-corrected chi connectivity index (χ1v) is 10.7. The largest absolute Gasteiger partial charge is 0.330 e. The number of carbonyl (C=O) groups excluding carboxylic acids is 2. The maximum atomic E-state index is 13.6. The molecule has 1 atom stereocenters. The highest BCUT2D eigenvalue weighted by atomic mass is 16.2. The molecule has 4 rings (SSSR count). The fraction of sp³-hybridized carbons (Fsp3) is 0.500. The molecule has 0 spiro atoms. The minimum Gasteiger partial charge on any atom is -0.330 e. The van der Waals surface area contributed by atoms with Gasteiger partial charge in [0.2, 0.25) is 0 Å². The molecule has 2 aliphatic heterocycles. The Kier molecular flexibility index (Phi) is 5.24. The van der Waals surface area contributed by atoms with Gasteiger partial charge in [-0.05, 0) is 55.9 Å². The number of aryl methyl sites for hydroxylation is 3. The van der Waals surface area contributed by atoms with Crippen molar-refractivity contribution in [1.29, 1.82) is 0 Å². The summed E-state index contributed by atoms with van der Waals surface area (Å²) in [5.74, 6) is 0.0867. The molecular weight excluding hydrogens is 362 g/mol. The van der Waals surface area contributed by atoms with E-state index in [4.69, 9.17) is 0 Å². The Bertz CT molecular complexity index is 896. The zero-order valence-corrected chi connectivity index (χ0v) is 17.8. The third kappa shape index (κ3) is 3.37. The lowest BCUT2D eigenvalue weighted by Gasteiger charge is -2.33. The topological polar surface area (TPSA) is 52.7 Å². The molecule has 2 heterocycles. The van der Waals surface area contributed by atoms with Crippen LogP contribution in [0.3, 0.4) is 0 Å². The van der Waals surface area contributed by atoms with E-state index in [-0.39, 0.29) is 24.0 Å². The van der Waals surface area contributed by atoms with Crippen molar-refractivity contribution in [1.82, 2.24) is 15.1 Å². The Morgan fingerprint density at radius 1 is 1.07 bits per heavy atom. The lowest BCUT2D eigenvalue weighted by molar-refractivity contribution is -0.128. The van der Waals surface area contributed by atoms with Crippen molar-refractivity contribution < 1.29 is 9.59 Å². The van der Waals surface area contributed by atoms with Crippen molar-refractivity contribution >= 4 is 11.9 Å². The molecule has 0 radical (unpaired) electrons. The first-order valence-electron chi connectivity index (χ1n) is 10.7. The van der Waals surface area contributed by atoms with Gasteiger partial charge in [0.1, 0.15) is 0 Å². The minimum absolute atomic E-state index is 0.0867. The monoisotopic (exact) mass is 393 g/mol. The third-order valence-corrected chi connectivity index (χ3v) is 6.77. The van der Waals surface area contributed by atoms with Crippen molar-refractivity contribution in [3.05, 3.63) is 58.3 Å². The SMILES string of the molecule is C=CCN1C(=O)N[C@@H](c2cc(C)c(C)cc2C)C2=C1CN(C1CCCCC1)C2=O. The van der Waals surface area contributed by atoms with Crippen LogP contribution < -0.4 is 5.32 Å². The van der Waals surface area contributed by atoms with Crippen LogP contribution >= 0.6 is 0 Å². The van der Waals surface area contributed by atoms with Crippen molar-refractivity contribution in [3.63, 3.8) is 0 Å². The van der Waals surface area contributed by atoms with E-state index >= 15 is 0 Å². The van der Waals surface area contributed by atoms with E-state index in [0.29, 0.717) is 13.1 Å². The highest BCUT2D eigenvalue weighted by Crippen LogP contribution is 2.40. The average Bonchev–Trinajstić information content (AvgIpc) is 3.05. The molecule has 3 aliphatic rings. The summed E-state index contributed by atoms with van der Waals surface area (Å²) in [5, 5.41) is 3.11. The fourth-order valence-electron chi connectivity index (χ4n) is 5.05. The molecule has 1 fully saturated rings. The van der Waals surface area contributed by atoms with Crippen LogP contribution in [0.15, 0.2) is 36.1 Å². The van der Waals surface area contributed by atoms with Crippen LogP contribution in [0.1, 0.15) is 60.4 Å². The molecule has 0 saturated heterocycles. The lowest BCUT2D eigenvalue weighted by Crippen LogP contribution is -2.47. The Morgan fingerprint density at radius 2 is 1.76 bits per heavy atom. The van der Waals surface area contributed by atoms with Gasteiger partial charge in [0, 0.05) is 12.6 Å². The second-order valence-corrected chi connectivity index (χ2v) is 8.66. The van der Waals surface area contributed by atoms with E-state index < -0.39 is 0 Å². The van der Waals surface area contributed by atoms with Gasteiger partial charge in [-0.1, -0.05) is 37.5 Å². The second-order valence-electron chi connectivity index (χ2n) is 8.66. The van der Waals surface area contributed by atoms with Gasteiger partial charge in [-0.3, -0.25) is 9.69 Å². The number of hydrogen-bond acceptors (Lipinski definition) is 2. The van der Waals surface area contributed by atoms with Gasteiger partial charge < -0.3 is 10.2 Å². The van der Waals surface area contributed by atoms with Gasteiger partial charge in [0.05, 0.1) is 23.9 Å². The predicted molar refractivity (Wildman–Crippen MR) is 114 cm³/mol. The molecule has 29 heavy (non-hydrogen) atoms. The van der Waals surface area contributed by atoms with Gasteiger partial charge in [-0.15, -0.1) is 6.58 Å². The van der Waals surface area contributed by atoms with Crippen LogP contribution in [0.4, 0.5) is 4.79 Å². The van der Waals surface area contributed by atoms with E-state index in [1.807, 2.05) is 4.90 Å². The van der Waals surface area contributed by atoms with Crippen LogP contribution in [0.2, 0.25) is 0 Å². The van der Waals surface area contributed by atoms with Crippen molar-refractivity contribution in [2.45, 2.75) is 65.0 Å². The predicted octanol–water partition coefficient (Wildman–Crippen LogP) is 4.29. The van der Waals surface area contributed by atoms with E-state index in [9.17, 15) is 9.59 Å². The van der Waals surface area contributed by atoms with Crippen LogP contribution in [0.25, 0.3) is 0 Å². The summed E-state index contributed by atoms with van der Waals surface area (Å²) in [6.45, 7) is 11.0. The maximum absolute atomic E-state index is 13.6. The van der Waals surface area contributed by atoms with Gasteiger partial charge in [0.15, 0.2) is 0 Å². The van der Waals surface area contributed by atoms with Crippen LogP contribution in [-0.4, -0.2) is 40.9 Å². The molecular formula is C24H31N3O2. The summed E-state index contributed by atoms with van der Waals surface area (Å²) < 4.78 is 0. The number of carbonyl (C=O) groups is 2. The fourth-order valence-corrected chi connectivity index (χ4v) is 5.05. The summed E-state index contributed by atoms with van der Waals surface area (Å²) in [7, 11) is 0. The standard InChI is InChI=1S/C24H31N3O2/c1-5-11-26-20-14-27(18-9-7-6-8-10-18)23(28)21(20)22(25-24(26)29)19-13-16(3)15(2)12-17(19)4/h5,12-13,18,22H,1,6-11,14H2,2-4H3,(H,25,29)/t22-/m0/s1. The highest BCUT2D eigenvalue weighted by molar-refractivity contribution is 6.01. The molecule has 1 N–H and O–H groups in total. The summed E-state index contributed by atoms with van der Waals surface area (Å²) in [6, 6.07) is 4.01.